The molecule has 9 heteroatoms. The first-order valence-corrected chi connectivity index (χ1v) is 10.9. The van der Waals surface area contributed by atoms with Crippen molar-refractivity contribution in [1.82, 2.24) is 15.1 Å². The standard InChI is InChI=1S/C22H34FN5O2.HI/c1-3-24-22(28-11-8-18(9-12-28)21(29)30-2)25-10-13-26-14-16-27(17-15-26)20-6-4-19(23)5-7-20;/h4-7,18H,3,8-17H2,1-2H3,(H,24,25);1H. The number of benzene rings is 1. The maximum absolute atomic E-state index is 13.1. The largest absolute Gasteiger partial charge is 0.469 e. The van der Waals surface area contributed by atoms with Crippen LogP contribution in [0.25, 0.3) is 0 Å². The molecule has 2 heterocycles. The summed E-state index contributed by atoms with van der Waals surface area (Å²) in [4.78, 5) is 23.5. The van der Waals surface area contributed by atoms with Gasteiger partial charge in [-0.2, -0.15) is 0 Å². The van der Waals surface area contributed by atoms with E-state index in [1.807, 2.05) is 12.1 Å². The van der Waals surface area contributed by atoms with E-state index in [9.17, 15) is 9.18 Å². The van der Waals surface area contributed by atoms with Crippen molar-refractivity contribution in [3.8, 4) is 0 Å². The fraction of sp³-hybridized carbons (Fsp3) is 0.636. The minimum atomic E-state index is -0.193. The van der Waals surface area contributed by atoms with Gasteiger partial charge >= 0.3 is 5.97 Å². The number of likely N-dealkylation sites (tertiary alicyclic amines) is 1. The van der Waals surface area contributed by atoms with E-state index in [-0.39, 0.29) is 41.7 Å². The molecule has 2 fully saturated rings. The number of piperidine rings is 1. The van der Waals surface area contributed by atoms with Gasteiger partial charge in [0.05, 0.1) is 19.6 Å². The average Bonchev–Trinajstić information content (AvgIpc) is 2.79. The van der Waals surface area contributed by atoms with Crippen molar-refractivity contribution < 1.29 is 13.9 Å². The number of piperazine rings is 1. The maximum atomic E-state index is 13.1. The number of halogens is 2. The van der Waals surface area contributed by atoms with Gasteiger partial charge in [0.15, 0.2) is 5.96 Å². The summed E-state index contributed by atoms with van der Waals surface area (Å²) in [7, 11) is 1.46. The van der Waals surface area contributed by atoms with Crippen LogP contribution in [0, 0.1) is 11.7 Å². The van der Waals surface area contributed by atoms with Crippen LogP contribution in [0.2, 0.25) is 0 Å². The van der Waals surface area contributed by atoms with Crippen molar-refractivity contribution in [2.75, 3.05) is 70.9 Å². The van der Waals surface area contributed by atoms with E-state index in [1.165, 1.54) is 19.2 Å². The molecule has 2 aliphatic rings. The van der Waals surface area contributed by atoms with Gasteiger partial charge in [-0.3, -0.25) is 14.7 Å². The first kappa shape index (κ1) is 25.6. The normalized spacial score (nSPS) is 18.5. The van der Waals surface area contributed by atoms with Crippen LogP contribution < -0.4 is 10.2 Å². The highest BCUT2D eigenvalue weighted by atomic mass is 127. The van der Waals surface area contributed by atoms with Crippen molar-refractivity contribution >= 4 is 41.6 Å². The molecule has 31 heavy (non-hydrogen) atoms. The van der Waals surface area contributed by atoms with Gasteiger partial charge in [0.25, 0.3) is 0 Å². The monoisotopic (exact) mass is 547 g/mol. The molecule has 0 spiro atoms. The lowest BCUT2D eigenvalue weighted by Crippen LogP contribution is -2.48. The van der Waals surface area contributed by atoms with Crippen LogP contribution in [-0.2, 0) is 9.53 Å². The highest BCUT2D eigenvalue weighted by Crippen LogP contribution is 2.19. The Balaban J connectivity index is 0.00000341. The van der Waals surface area contributed by atoms with Crippen molar-refractivity contribution in [1.29, 1.82) is 0 Å². The average molecular weight is 547 g/mol. The summed E-state index contributed by atoms with van der Waals surface area (Å²) in [5, 5.41) is 3.38. The highest BCUT2D eigenvalue weighted by molar-refractivity contribution is 14.0. The van der Waals surface area contributed by atoms with Crippen molar-refractivity contribution in [2.45, 2.75) is 19.8 Å². The molecule has 0 radical (unpaired) electrons. The molecule has 2 aliphatic heterocycles. The Bertz CT molecular complexity index is 702. The summed E-state index contributed by atoms with van der Waals surface area (Å²) in [6, 6.07) is 6.74. The second-order valence-electron chi connectivity index (χ2n) is 7.83. The molecule has 0 aliphatic carbocycles. The van der Waals surface area contributed by atoms with E-state index in [2.05, 4.69) is 26.9 Å². The summed E-state index contributed by atoms with van der Waals surface area (Å²) in [6.07, 6.45) is 1.62. The van der Waals surface area contributed by atoms with E-state index in [1.54, 1.807) is 0 Å². The van der Waals surface area contributed by atoms with Gasteiger partial charge < -0.3 is 19.9 Å². The number of hydrogen-bond acceptors (Lipinski definition) is 5. The van der Waals surface area contributed by atoms with Gasteiger partial charge in [-0.15, -0.1) is 24.0 Å². The summed E-state index contributed by atoms with van der Waals surface area (Å²) in [5.74, 6) is 0.648. The van der Waals surface area contributed by atoms with E-state index in [4.69, 9.17) is 9.73 Å². The zero-order chi connectivity index (χ0) is 21.3. The molecule has 0 saturated carbocycles. The zero-order valence-electron chi connectivity index (χ0n) is 18.6. The van der Waals surface area contributed by atoms with Gasteiger partial charge in [0.1, 0.15) is 5.82 Å². The van der Waals surface area contributed by atoms with Gasteiger partial charge in [-0.25, -0.2) is 4.39 Å². The molecule has 7 nitrogen and oxygen atoms in total. The molecular weight excluding hydrogens is 512 g/mol. The third-order valence-electron chi connectivity index (χ3n) is 5.91. The van der Waals surface area contributed by atoms with Crippen LogP contribution in [0.5, 0.6) is 0 Å². The highest BCUT2D eigenvalue weighted by Gasteiger charge is 2.27. The Morgan fingerprint density at radius 1 is 1.13 bits per heavy atom. The Hall–Kier alpha value is -1.62. The van der Waals surface area contributed by atoms with Crippen LogP contribution in [0.3, 0.4) is 0 Å². The third-order valence-corrected chi connectivity index (χ3v) is 5.91. The number of nitrogens with one attached hydrogen (secondary N) is 1. The van der Waals surface area contributed by atoms with Crippen molar-refractivity contribution in [3.05, 3.63) is 30.1 Å². The minimum absolute atomic E-state index is 0. The number of aliphatic imine (C=N–C) groups is 1. The number of anilines is 1. The number of methoxy groups -OCH3 is 1. The van der Waals surface area contributed by atoms with Gasteiger partial charge in [-0.05, 0) is 44.0 Å². The molecule has 1 aromatic carbocycles. The summed E-state index contributed by atoms with van der Waals surface area (Å²) < 4.78 is 18.0. The second kappa shape index (κ2) is 13.0. The van der Waals surface area contributed by atoms with E-state index in [0.29, 0.717) is 0 Å². The predicted molar refractivity (Wildman–Crippen MR) is 133 cm³/mol. The molecule has 1 aromatic rings. The molecule has 0 unspecified atom stereocenters. The topological polar surface area (TPSA) is 60.4 Å². The van der Waals surface area contributed by atoms with E-state index >= 15 is 0 Å². The predicted octanol–water partition coefficient (Wildman–Crippen LogP) is 2.42. The Morgan fingerprint density at radius 2 is 1.77 bits per heavy atom. The number of carbonyl (C=O) groups is 1. The molecule has 3 rings (SSSR count). The van der Waals surface area contributed by atoms with Gasteiger partial charge in [0.2, 0.25) is 0 Å². The lowest BCUT2D eigenvalue weighted by Gasteiger charge is -2.36. The number of esters is 1. The molecule has 0 aromatic heterocycles. The molecular formula is C22H35FIN5O2. The van der Waals surface area contributed by atoms with E-state index < -0.39 is 0 Å². The van der Waals surface area contributed by atoms with Crippen LogP contribution in [0.4, 0.5) is 10.1 Å². The van der Waals surface area contributed by atoms with E-state index in [0.717, 1.165) is 83.4 Å². The quantitative estimate of drug-likeness (QED) is 0.256. The number of rotatable bonds is 6. The number of ether oxygens (including phenoxy) is 1. The SMILES string of the molecule is CCNC(=NCCN1CCN(c2ccc(F)cc2)CC1)N1CCC(C(=O)OC)CC1.I. The Morgan fingerprint density at radius 3 is 2.35 bits per heavy atom. The first-order chi connectivity index (χ1) is 14.6. The second-order valence-corrected chi connectivity index (χ2v) is 7.83. The van der Waals surface area contributed by atoms with Crippen molar-refractivity contribution in [2.24, 2.45) is 10.9 Å². The third kappa shape index (κ3) is 7.48. The van der Waals surface area contributed by atoms with Crippen LogP contribution >= 0.6 is 24.0 Å². The first-order valence-electron chi connectivity index (χ1n) is 10.9. The van der Waals surface area contributed by atoms with Gasteiger partial charge in [-0.1, -0.05) is 0 Å². The fourth-order valence-corrected chi connectivity index (χ4v) is 4.10. The fourth-order valence-electron chi connectivity index (χ4n) is 4.10. The summed E-state index contributed by atoms with van der Waals surface area (Å²) in [5.41, 5.74) is 1.08. The molecule has 1 N–H and O–H groups in total. The van der Waals surface area contributed by atoms with Crippen LogP contribution in [0.1, 0.15) is 19.8 Å². The van der Waals surface area contributed by atoms with Crippen LogP contribution in [0.15, 0.2) is 29.3 Å². The summed E-state index contributed by atoms with van der Waals surface area (Å²) in [6.45, 7) is 10.1. The molecule has 0 bridgehead atoms. The zero-order valence-corrected chi connectivity index (χ0v) is 20.9. The summed E-state index contributed by atoms with van der Waals surface area (Å²) >= 11 is 0. The lowest BCUT2D eigenvalue weighted by molar-refractivity contribution is -0.146. The molecule has 174 valence electrons. The number of hydrogen-bond donors (Lipinski definition) is 1. The molecule has 0 amide bonds. The Labute approximate surface area is 202 Å². The minimum Gasteiger partial charge on any atom is -0.469 e. The number of carbonyl (C=O) groups excluding carboxylic acids is 1. The number of nitrogens with zero attached hydrogens (tertiary/aromatic N) is 4. The number of guanidine groups is 1. The van der Waals surface area contributed by atoms with Crippen molar-refractivity contribution in [3.63, 3.8) is 0 Å². The lowest BCUT2D eigenvalue weighted by atomic mass is 9.97. The smallest absolute Gasteiger partial charge is 0.308 e. The van der Waals surface area contributed by atoms with Crippen LogP contribution in [-0.4, -0.2) is 87.7 Å². The maximum Gasteiger partial charge on any atom is 0.308 e. The van der Waals surface area contributed by atoms with Gasteiger partial charge in [0, 0.05) is 58.0 Å². The molecule has 2 saturated heterocycles. The molecule has 0 atom stereocenters. The Kier molecular flexibility index (Phi) is 10.8.